The maximum atomic E-state index is 12.1. The molecule has 31 heavy (non-hydrogen) atoms. The van der Waals surface area contributed by atoms with Crippen LogP contribution in [0.5, 0.6) is 0 Å². The number of nitrogens with zero attached hydrogens (tertiary/aromatic N) is 1. The molecule has 0 saturated carbocycles. The van der Waals surface area contributed by atoms with E-state index >= 15 is 0 Å². The number of rotatable bonds is 20. The summed E-state index contributed by atoms with van der Waals surface area (Å²) < 4.78 is 5.20. The minimum absolute atomic E-state index is 0.0426. The zero-order chi connectivity index (χ0) is 23.5. The summed E-state index contributed by atoms with van der Waals surface area (Å²) in [5.74, 6) is -2.53. The fraction of sp³-hybridized carbons (Fsp3) is 0.880. The average Bonchev–Trinajstić information content (AvgIpc) is 2.70. The Morgan fingerprint density at radius 3 is 1.74 bits per heavy atom. The molecular formula is C25H49NO5. The summed E-state index contributed by atoms with van der Waals surface area (Å²) in [4.78, 5) is 13.1. The van der Waals surface area contributed by atoms with Crippen LogP contribution < -0.4 is 0 Å². The highest BCUT2D eigenvalue weighted by atomic mass is 16.7. The predicted octanol–water partition coefficient (Wildman–Crippen LogP) is 5.60. The fourth-order valence-electron chi connectivity index (χ4n) is 3.78. The zero-order valence-corrected chi connectivity index (χ0v) is 20.5. The first kappa shape index (κ1) is 30.0. The number of ether oxygens (including phenoxy) is 1. The van der Waals surface area contributed by atoms with Crippen molar-refractivity contribution in [2.75, 3.05) is 0 Å². The van der Waals surface area contributed by atoms with E-state index in [1.54, 1.807) is 6.92 Å². The van der Waals surface area contributed by atoms with E-state index in [0.717, 1.165) is 30.6 Å². The van der Waals surface area contributed by atoms with Crippen LogP contribution in [0.3, 0.4) is 0 Å². The van der Waals surface area contributed by atoms with E-state index < -0.39 is 24.3 Å². The van der Waals surface area contributed by atoms with Crippen molar-refractivity contribution in [1.29, 1.82) is 0 Å². The predicted molar refractivity (Wildman–Crippen MR) is 126 cm³/mol. The molecule has 0 aromatic carbocycles. The van der Waals surface area contributed by atoms with E-state index in [1.807, 2.05) is 0 Å². The van der Waals surface area contributed by atoms with E-state index in [0.29, 0.717) is 6.42 Å². The molecule has 0 heterocycles. The maximum Gasteiger partial charge on any atom is 0.309 e. The van der Waals surface area contributed by atoms with Gasteiger partial charge in [-0.25, -0.2) is 0 Å². The molecule has 6 nitrogen and oxygen atoms in total. The smallest absolute Gasteiger partial charge is 0.309 e. The van der Waals surface area contributed by atoms with Crippen LogP contribution in [0.1, 0.15) is 124 Å². The van der Waals surface area contributed by atoms with Crippen molar-refractivity contribution in [1.82, 2.24) is 4.90 Å². The number of hydrogen-bond acceptors (Lipinski definition) is 6. The Bertz CT molecular complexity index is 459. The normalized spacial score (nSPS) is 15.9. The van der Waals surface area contributed by atoms with Crippen molar-refractivity contribution in [3.63, 3.8) is 0 Å². The quantitative estimate of drug-likeness (QED) is 0.0982. The first-order valence-corrected chi connectivity index (χ1v) is 12.5. The van der Waals surface area contributed by atoms with Gasteiger partial charge in [0.05, 0.1) is 0 Å². The van der Waals surface area contributed by atoms with Gasteiger partial charge in [0.1, 0.15) is 12.5 Å². The van der Waals surface area contributed by atoms with E-state index in [1.165, 1.54) is 65.2 Å². The van der Waals surface area contributed by atoms with Crippen molar-refractivity contribution in [2.45, 2.75) is 142 Å². The third kappa shape index (κ3) is 14.7. The van der Waals surface area contributed by atoms with Gasteiger partial charge in [0.25, 0.3) is 5.91 Å². The number of aliphatic hydroxyl groups is 3. The molecule has 0 spiro atoms. The molecule has 0 saturated heterocycles. The van der Waals surface area contributed by atoms with Crippen molar-refractivity contribution < 1.29 is 24.9 Å². The molecule has 0 bridgehead atoms. The molecule has 3 atom stereocenters. The highest BCUT2D eigenvalue weighted by Crippen LogP contribution is 2.24. The molecule has 0 aliphatic carbocycles. The van der Waals surface area contributed by atoms with Gasteiger partial charge in [-0.05, 0) is 46.0 Å². The highest BCUT2D eigenvalue weighted by Gasteiger charge is 2.41. The van der Waals surface area contributed by atoms with Crippen LogP contribution in [0.15, 0.2) is 12.2 Å². The summed E-state index contributed by atoms with van der Waals surface area (Å²) in [7, 11) is 0. The van der Waals surface area contributed by atoms with Gasteiger partial charge in [-0.2, -0.15) is 4.90 Å². The first-order chi connectivity index (χ1) is 14.8. The Labute approximate surface area is 190 Å². The molecular weight excluding hydrogens is 394 g/mol. The summed E-state index contributed by atoms with van der Waals surface area (Å²) in [6.45, 7) is 6.69. The Hall–Kier alpha value is -0.950. The van der Waals surface area contributed by atoms with E-state index in [9.17, 15) is 20.1 Å². The van der Waals surface area contributed by atoms with E-state index in [4.69, 9.17) is 4.74 Å². The largest absolute Gasteiger partial charge is 0.419 e. The van der Waals surface area contributed by atoms with Crippen molar-refractivity contribution in [3.05, 3.63) is 12.2 Å². The van der Waals surface area contributed by atoms with Crippen LogP contribution in [0.2, 0.25) is 0 Å². The van der Waals surface area contributed by atoms with Crippen molar-refractivity contribution in [2.24, 2.45) is 0 Å². The van der Waals surface area contributed by atoms with E-state index in [-0.39, 0.29) is 12.8 Å². The monoisotopic (exact) mass is 443 g/mol. The van der Waals surface area contributed by atoms with Crippen LogP contribution in [-0.4, -0.2) is 44.6 Å². The lowest BCUT2D eigenvalue weighted by molar-refractivity contribution is -0.333. The third-order valence-electron chi connectivity index (χ3n) is 5.59. The zero-order valence-electron chi connectivity index (χ0n) is 20.5. The van der Waals surface area contributed by atoms with Gasteiger partial charge in [-0.3, -0.25) is 4.79 Å². The Balaban J connectivity index is 3.82. The second-order valence-electron chi connectivity index (χ2n) is 8.58. The van der Waals surface area contributed by atoms with Crippen molar-refractivity contribution in [3.8, 4) is 0 Å². The minimum atomic E-state index is -2.01. The van der Waals surface area contributed by atoms with Gasteiger partial charge in [0.2, 0.25) is 0 Å². The number of esters is 1. The number of carbonyl (C=O) groups excluding carboxylic acids is 1. The maximum absolute atomic E-state index is 12.1. The lowest BCUT2D eigenvalue weighted by atomic mass is 10.1. The molecule has 184 valence electrons. The van der Waals surface area contributed by atoms with Gasteiger partial charge >= 0.3 is 5.97 Å². The summed E-state index contributed by atoms with van der Waals surface area (Å²) in [5.41, 5.74) is 0. The van der Waals surface area contributed by atoms with Gasteiger partial charge in [-0.15, -0.1) is 0 Å². The number of hydrogen-bond donors (Lipinski definition) is 3. The minimum Gasteiger partial charge on any atom is -0.419 e. The third-order valence-corrected chi connectivity index (χ3v) is 5.59. The standard InChI is InChI=1S/C25H49NO5/c1-5-7-8-9-10-11-12-13-14-15-16-17-18-19-20-21-24(29)31-25(30,6-2)26(22(3)27)23(4)28/h13-14,22-23,27-28,30H,5-12,15-21H2,1-4H3/b14-13-. The van der Waals surface area contributed by atoms with Crippen LogP contribution in [0.25, 0.3) is 0 Å². The van der Waals surface area contributed by atoms with E-state index in [2.05, 4.69) is 19.1 Å². The molecule has 3 unspecified atom stereocenters. The summed E-state index contributed by atoms with van der Waals surface area (Å²) in [5, 5.41) is 30.2. The lowest BCUT2D eigenvalue weighted by Gasteiger charge is -2.41. The van der Waals surface area contributed by atoms with Crippen molar-refractivity contribution >= 4 is 5.97 Å². The molecule has 0 rings (SSSR count). The number of allylic oxidation sites excluding steroid dienone is 2. The Kier molecular flexibility index (Phi) is 18.0. The molecule has 0 aliphatic rings. The fourth-order valence-corrected chi connectivity index (χ4v) is 3.78. The second kappa shape index (κ2) is 18.6. The number of carbonyl (C=O) groups is 1. The molecule has 0 aliphatic heterocycles. The summed E-state index contributed by atoms with van der Waals surface area (Å²) in [6, 6.07) is 0. The van der Waals surface area contributed by atoms with Crippen LogP contribution in [0.4, 0.5) is 0 Å². The lowest BCUT2D eigenvalue weighted by Crippen LogP contribution is -2.58. The van der Waals surface area contributed by atoms with Gasteiger partial charge in [-0.1, -0.05) is 77.4 Å². The molecule has 3 N–H and O–H groups in total. The van der Waals surface area contributed by atoms with Gasteiger partial charge < -0.3 is 20.1 Å². The topological polar surface area (TPSA) is 90.2 Å². The van der Waals surface area contributed by atoms with Crippen LogP contribution in [-0.2, 0) is 9.53 Å². The first-order valence-electron chi connectivity index (χ1n) is 12.5. The Morgan fingerprint density at radius 1 is 0.839 bits per heavy atom. The average molecular weight is 444 g/mol. The molecule has 0 radical (unpaired) electrons. The van der Waals surface area contributed by atoms with Crippen LogP contribution >= 0.6 is 0 Å². The second-order valence-corrected chi connectivity index (χ2v) is 8.58. The molecule has 6 heteroatoms. The van der Waals surface area contributed by atoms with Crippen LogP contribution in [0, 0.1) is 0 Å². The number of unbranched alkanes of at least 4 members (excludes halogenated alkanes) is 11. The summed E-state index contributed by atoms with van der Waals surface area (Å²) in [6.07, 6.45) is 18.0. The van der Waals surface area contributed by atoms with Gasteiger partial charge in [0, 0.05) is 12.8 Å². The number of aliphatic hydroxyl groups excluding tert-OH is 2. The molecule has 0 fully saturated rings. The molecule has 0 aromatic rings. The SMILES string of the molecule is CCCCCCCC/C=C\CCCCCCCC(=O)OC(O)(CC)N(C(C)O)C(C)O. The highest BCUT2D eigenvalue weighted by molar-refractivity contribution is 5.69. The molecule has 0 amide bonds. The molecule has 0 aromatic heterocycles. The summed E-state index contributed by atoms with van der Waals surface area (Å²) >= 11 is 0. The van der Waals surface area contributed by atoms with Gasteiger partial charge in [0.15, 0.2) is 0 Å². The Morgan fingerprint density at radius 2 is 1.29 bits per heavy atom.